The molecule has 0 saturated heterocycles. The Bertz CT molecular complexity index is 439. The lowest BCUT2D eigenvalue weighted by atomic mass is 9.86. The maximum Gasteiger partial charge on any atom is 0.125 e. The van der Waals surface area contributed by atoms with E-state index >= 15 is 0 Å². The Kier molecular flexibility index (Phi) is 6.38. The van der Waals surface area contributed by atoms with Gasteiger partial charge in [0.15, 0.2) is 0 Å². The Labute approximate surface area is 134 Å². The Morgan fingerprint density at radius 3 is 2.57 bits per heavy atom. The van der Waals surface area contributed by atoms with Crippen molar-refractivity contribution < 1.29 is 4.74 Å². The molecule has 1 saturated carbocycles. The zero-order chi connectivity index (χ0) is 15.2. The van der Waals surface area contributed by atoms with Crippen LogP contribution < -0.4 is 10.1 Å². The van der Waals surface area contributed by atoms with Crippen LogP contribution in [-0.4, -0.2) is 12.1 Å². The van der Waals surface area contributed by atoms with Crippen LogP contribution in [0, 0.1) is 5.92 Å². The number of ether oxygens (including phenoxy) is 1. The van der Waals surface area contributed by atoms with Gasteiger partial charge in [-0.15, -0.1) is 0 Å². The molecule has 0 amide bonds. The third-order valence-corrected chi connectivity index (χ3v) is 4.78. The molecule has 0 spiro atoms. The van der Waals surface area contributed by atoms with Crippen LogP contribution >= 0.6 is 11.6 Å². The fourth-order valence-corrected chi connectivity index (χ4v) is 3.20. The molecule has 2 nitrogen and oxygen atoms in total. The van der Waals surface area contributed by atoms with E-state index in [1.165, 1.54) is 32.1 Å². The van der Waals surface area contributed by atoms with Crippen molar-refractivity contribution in [2.24, 2.45) is 5.92 Å². The number of halogens is 1. The van der Waals surface area contributed by atoms with Gasteiger partial charge in [-0.25, -0.2) is 0 Å². The molecule has 1 fully saturated rings. The van der Waals surface area contributed by atoms with Crippen molar-refractivity contribution in [3.05, 3.63) is 28.8 Å². The summed E-state index contributed by atoms with van der Waals surface area (Å²) in [6, 6.07) is 6.41. The van der Waals surface area contributed by atoms with E-state index in [0.29, 0.717) is 12.1 Å². The summed E-state index contributed by atoms with van der Waals surface area (Å²) in [5.74, 6) is 1.85. The van der Waals surface area contributed by atoms with Gasteiger partial charge >= 0.3 is 0 Å². The minimum Gasteiger partial charge on any atom is -0.490 e. The van der Waals surface area contributed by atoms with Crippen LogP contribution in [-0.2, 0) is 6.54 Å². The summed E-state index contributed by atoms with van der Waals surface area (Å²) in [5, 5.41) is 4.23. The first-order valence-corrected chi connectivity index (χ1v) is 8.65. The van der Waals surface area contributed by atoms with Gasteiger partial charge in [0.2, 0.25) is 0 Å². The molecule has 1 aromatic carbocycles. The van der Waals surface area contributed by atoms with E-state index in [4.69, 9.17) is 16.3 Å². The van der Waals surface area contributed by atoms with Crippen LogP contribution in [0.4, 0.5) is 0 Å². The first kappa shape index (κ1) is 16.6. The van der Waals surface area contributed by atoms with Gasteiger partial charge < -0.3 is 10.1 Å². The van der Waals surface area contributed by atoms with Crippen molar-refractivity contribution in [3.63, 3.8) is 0 Å². The molecule has 118 valence electrons. The van der Waals surface area contributed by atoms with E-state index in [1.54, 1.807) is 0 Å². The second-order valence-electron chi connectivity index (χ2n) is 6.42. The number of benzene rings is 1. The van der Waals surface area contributed by atoms with Crippen molar-refractivity contribution >= 4 is 11.6 Å². The minimum absolute atomic E-state index is 0.351. The second kappa shape index (κ2) is 8.05. The maximum absolute atomic E-state index is 6.36. The highest BCUT2D eigenvalue weighted by molar-refractivity contribution is 6.31. The Hall–Kier alpha value is -0.730. The summed E-state index contributed by atoms with van der Waals surface area (Å²) in [6.07, 6.45) is 6.57. The van der Waals surface area contributed by atoms with E-state index < -0.39 is 0 Å². The molecule has 0 radical (unpaired) electrons. The normalized spacial score (nSPS) is 22.5. The third kappa shape index (κ3) is 4.89. The molecule has 1 aliphatic rings. The molecule has 21 heavy (non-hydrogen) atoms. The Morgan fingerprint density at radius 1 is 1.24 bits per heavy atom. The van der Waals surface area contributed by atoms with E-state index in [2.05, 4.69) is 32.2 Å². The standard InChI is InChI=1S/C18H28ClNO/c1-4-14-8-10-15(11-9-14)21-18-7-5-6-17(19)16(18)12-20-13(2)3/h5-7,13-15,20H,4,8-12H2,1-3H3. The lowest BCUT2D eigenvalue weighted by molar-refractivity contribution is 0.128. The predicted molar refractivity (Wildman–Crippen MR) is 90.1 cm³/mol. The van der Waals surface area contributed by atoms with Gasteiger partial charge in [-0.05, 0) is 43.7 Å². The molecular weight excluding hydrogens is 282 g/mol. The smallest absolute Gasteiger partial charge is 0.125 e. The summed E-state index contributed by atoms with van der Waals surface area (Å²) in [7, 11) is 0. The second-order valence-corrected chi connectivity index (χ2v) is 6.83. The molecule has 0 heterocycles. The number of rotatable bonds is 6. The largest absolute Gasteiger partial charge is 0.490 e. The maximum atomic E-state index is 6.36. The third-order valence-electron chi connectivity index (χ3n) is 4.43. The Balaban J connectivity index is 2.00. The molecular formula is C18H28ClNO. The van der Waals surface area contributed by atoms with Crippen LogP contribution in [0.1, 0.15) is 58.4 Å². The highest BCUT2D eigenvalue weighted by Gasteiger charge is 2.22. The highest BCUT2D eigenvalue weighted by atomic mass is 35.5. The van der Waals surface area contributed by atoms with Crippen molar-refractivity contribution in [2.75, 3.05) is 0 Å². The monoisotopic (exact) mass is 309 g/mol. The van der Waals surface area contributed by atoms with Gasteiger partial charge in [0, 0.05) is 23.2 Å². The molecule has 1 aliphatic carbocycles. The van der Waals surface area contributed by atoms with Crippen molar-refractivity contribution in [2.45, 2.75) is 71.6 Å². The van der Waals surface area contributed by atoms with Crippen LogP contribution in [0.25, 0.3) is 0 Å². The molecule has 3 heteroatoms. The summed E-state index contributed by atoms with van der Waals surface area (Å²) >= 11 is 6.36. The van der Waals surface area contributed by atoms with E-state index in [9.17, 15) is 0 Å². The van der Waals surface area contributed by atoms with Crippen molar-refractivity contribution in [1.82, 2.24) is 5.32 Å². The predicted octanol–water partition coefficient (Wildman–Crippen LogP) is 5.19. The lowest BCUT2D eigenvalue weighted by Crippen LogP contribution is -2.26. The molecule has 2 rings (SSSR count). The van der Waals surface area contributed by atoms with Crippen LogP contribution in [0.3, 0.4) is 0 Å². The zero-order valence-electron chi connectivity index (χ0n) is 13.5. The van der Waals surface area contributed by atoms with Crippen molar-refractivity contribution in [3.8, 4) is 5.75 Å². The van der Waals surface area contributed by atoms with E-state index in [1.807, 2.05) is 12.1 Å². The van der Waals surface area contributed by atoms with Crippen molar-refractivity contribution in [1.29, 1.82) is 0 Å². The molecule has 1 aromatic rings. The van der Waals surface area contributed by atoms with Gasteiger partial charge in [0.05, 0.1) is 6.10 Å². The average Bonchev–Trinajstić information content (AvgIpc) is 2.47. The van der Waals surface area contributed by atoms with Crippen LogP contribution in [0.15, 0.2) is 18.2 Å². The molecule has 0 unspecified atom stereocenters. The van der Waals surface area contributed by atoms with Gasteiger partial charge in [-0.1, -0.05) is 44.9 Å². The van der Waals surface area contributed by atoms with E-state index in [-0.39, 0.29) is 0 Å². The number of hydrogen-bond donors (Lipinski definition) is 1. The number of hydrogen-bond acceptors (Lipinski definition) is 2. The number of nitrogens with one attached hydrogen (secondary N) is 1. The SMILES string of the molecule is CCC1CCC(Oc2cccc(Cl)c2CNC(C)C)CC1. The zero-order valence-corrected chi connectivity index (χ0v) is 14.2. The van der Waals surface area contributed by atoms with E-state index in [0.717, 1.165) is 28.8 Å². The van der Waals surface area contributed by atoms with Gasteiger partial charge in [-0.2, -0.15) is 0 Å². The lowest BCUT2D eigenvalue weighted by Gasteiger charge is -2.29. The highest BCUT2D eigenvalue weighted by Crippen LogP contribution is 2.32. The molecule has 0 aromatic heterocycles. The minimum atomic E-state index is 0.351. The fraction of sp³-hybridized carbons (Fsp3) is 0.667. The first-order chi connectivity index (χ1) is 10.1. The molecule has 0 aliphatic heterocycles. The van der Waals surface area contributed by atoms with Gasteiger partial charge in [-0.3, -0.25) is 0 Å². The average molecular weight is 310 g/mol. The summed E-state index contributed by atoms with van der Waals surface area (Å²) in [6.45, 7) is 7.34. The topological polar surface area (TPSA) is 21.3 Å². The van der Waals surface area contributed by atoms with Crippen LogP contribution in [0.2, 0.25) is 5.02 Å². The van der Waals surface area contributed by atoms with Crippen LogP contribution in [0.5, 0.6) is 5.75 Å². The van der Waals surface area contributed by atoms with Gasteiger partial charge in [0.25, 0.3) is 0 Å². The summed E-state index contributed by atoms with van der Waals surface area (Å²) in [5.41, 5.74) is 1.09. The quantitative estimate of drug-likeness (QED) is 0.781. The molecule has 1 N–H and O–H groups in total. The molecule has 0 atom stereocenters. The summed E-state index contributed by atoms with van der Waals surface area (Å²) < 4.78 is 6.27. The molecule has 0 bridgehead atoms. The summed E-state index contributed by atoms with van der Waals surface area (Å²) in [4.78, 5) is 0. The Morgan fingerprint density at radius 2 is 1.95 bits per heavy atom. The van der Waals surface area contributed by atoms with Gasteiger partial charge in [0.1, 0.15) is 5.75 Å². The first-order valence-electron chi connectivity index (χ1n) is 8.27. The fourth-order valence-electron chi connectivity index (χ4n) is 2.96.